The molecule has 2 saturated heterocycles. The number of likely N-dealkylation sites (N-methyl/N-ethyl adjacent to an activating group) is 1. The molecule has 1 atom stereocenters. The zero-order valence-electron chi connectivity index (χ0n) is 17.7. The number of benzene rings is 1. The number of hydrogen-bond donors (Lipinski definition) is 0. The molecule has 0 unspecified atom stereocenters. The van der Waals surface area contributed by atoms with Gasteiger partial charge in [-0.05, 0) is 58.1 Å². The molecule has 0 N–H and O–H groups in total. The van der Waals surface area contributed by atoms with Crippen molar-refractivity contribution in [2.24, 2.45) is 5.41 Å². The Kier molecular flexibility index (Phi) is 6.76. The van der Waals surface area contributed by atoms with Crippen LogP contribution in [0.25, 0.3) is 0 Å². The van der Waals surface area contributed by atoms with Crippen molar-refractivity contribution in [2.75, 3.05) is 39.8 Å². The minimum absolute atomic E-state index is 0.148. The van der Waals surface area contributed by atoms with Crippen LogP contribution in [0.2, 0.25) is 0 Å². The number of piperidine rings is 1. The van der Waals surface area contributed by atoms with Gasteiger partial charge in [-0.25, -0.2) is 0 Å². The standard InChI is InChI=1S/C23H35N3O2/c1-19(2)24(3)21(27)17-25-16-13-23(18-25)12-8-15-26(22(23)28)14-7-11-20-9-5-4-6-10-20/h4-6,9-10,19H,7-8,11-18H2,1-3H3/t23-/m1/s1. The topological polar surface area (TPSA) is 43.9 Å². The quantitative estimate of drug-likeness (QED) is 0.725. The largest absolute Gasteiger partial charge is 0.342 e. The van der Waals surface area contributed by atoms with Gasteiger partial charge in [0.2, 0.25) is 11.8 Å². The molecule has 1 spiro atoms. The summed E-state index contributed by atoms with van der Waals surface area (Å²) in [7, 11) is 1.86. The van der Waals surface area contributed by atoms with E-state index in [-0.39, 0.29) is 17.4 Å². The van der Waals surface area contributed by atoms with Gasteiger partial charge in [0.25, 0.3) is 0 Å². The number of rotatable bonds is 7. The fourth-order valence-corrected chi connectivity index (χ4v) is 4.55. The molecule has 1 aromatic rings. The molecule has 2 heterocycles. The van der Waals surface area contributed by atoms with Crippen molar-refractivity contribution in [1.29, 1.82) is 0 Å². The fraction of sp³-hybridized carbons (Fsp3) is 0.652. The van der Waals surface area contributed by atoms with Crippen LogP contribution in [0.4, 0.5) is 0 Å². The van der Waals surface area contributed by atoms with Crippen molar-refractivity contribution in [3.05, 3.63) is 35.9 Å². The van der Waals surface area contributed by atoms with Gasteiger partial charge < -0.3 is 9.80 Å². The number of nitrogens with zero attached hydrogens (tertiary/aromatic N) is 3. The van der Waals surface area contributed by atoms with E-state index in [1.807, 2.05) is 27.0 Å². The van der Waals surface area contributed by atoms with Gasteiger partial charge in [0.05, 0.1) is 12.0 Å². The summed E-state index contributed by atoms with van der Waals surface area (Å²) in [4.78, 5) is 31.8. The van der Waals surface area contributed by atoms with Crippen LogP contribution in [-0.4, -0.2) is 72.3 Å². The Balaban J connectivity index is 1.52. The Morgan fingerprint density at radius 2 is 1.93 bits per heavy atom. The molecule has 5 nitrogen and oxygen atoms in total. The van der Waals surface area contributed by atoms with Gasteiger partial charge in [-0.1, -0.05) is 30.3 Å². The monoisotopic (exact) mass is 385 g/mol. The maximum atomic E-state index is 13.3. The summed E-state index contributed by atoms with van der Waals surface area (Å²) >= 11 is 0. The molecule has 2 amide bonds. The summed E-state index contributed by atoms with van der Waals surface area (Å²) in [6.45, 7) is 7.79. The predicted octanol–water partition coefficient (Wildman–Crippen LogP) is 2.80. The number of hydrogen-bond acceptors (Lipinski definition) is 3. The third-order valence-electron chi connectivity index (χ3n) is 6.52. The Hall–Kier alpha value is -1.88. The zero-order chi connectivity index (χ0) is 20.1. The summed E-state index contributed by atoms with van der Waals surface area (Å²) in [6, 6.07) is 10.7. The highest BCUT2D eigenvalue weighted by Crippen LogP contribution is 2.40. The van der Waals surface area contributed by atoms with E-state index in [4.69, 9.17) is 0 Å². The third kappa shape index (κ3) is 4.75. The normalized spacial score (nSPS) is 23.0. The highest BCUT2D eigenvalue weighted by atomic mass is 16.2. The van der Waals surface area contributed by atoms with E-state index < -0.39 is 0 Å². The lowest BCUT2D eigenvalue weighted by Gasteiger charge is -2.39. The summed E-state index contributed by atoms with van der Waals surface area (Å²) in [5.74, 6) is 0.467. The van der Waals surface area contributed by atoms with E-state index in [1.54, 1.807) is 4.90 Å². The number of carbonyl (C=O) groups is 2. The van der Waals surface area contributed by atoms with Gasteiger partial charge in [0.1, 0.15) is 0 Å². The zero-order valence-corrected chi connectivity index (χ0v) is 17.7. The van der Waals surface area contributed by atoms with E-state index in [9.17, 15) is 9.59 Å². The first-order chi connectivity index (χ1) is 13.4. The van der Waals surface area contributed by atoms with Crippen molar-refractivity contribution in [1.82, 2.24) is 14.7 Å². The van der Waals surface area contributed by atoms with Gasteiger partial charge in [0.15, 0.2) is 0 Å². The molecule has 5 heteroatoms. The van der Waals surface area contributed by atoms with Crippen molar-refractivity contribution in [3.63, 3.8) is 0 Å². The molecule has 154 valence electrons. The van der Waals surface area contributed by atoms with Crippen molar-refractivity contribution in [3.8, 4) is 0 Å². The number of carbonyl (C=O) groups excluding carboxylic acids is 2. The van der Waals surface area contributed by atoms with E-state index in [2.05, 4.69) is 34.1 Å². The Bertz CT molecular complexity index is 676. The van der Waals surface area contributed by atoms with Gasteiger partial charge in [-0.2, -0.15) is 0 Å². The molecular formula is C23H35N3O2. The molecule has 0 radical (unpaired) electrons. The molecule has 3 rings (SSSR count). The first-order valence-electron chi connectivity index (χ1n) is 10.7. The molecule has 0 aliphatic carbocycles. The molecule has 2 aliphatic heterocycles. The van der Waals surface area contributed by atoms with Crippen LogP contribution in [0.3, 0.4) is 0 Å². The lowest BCUT2D eigenvalue weighted by Crippen LogP contribution is -2.50. The molecule has 2 fully saturated rings. The maximum absolute atomic E-state index is 13.3. The van der Waals surface area contributed by atoms with E-state index >= 15 is 0 Å². The predicted molar refractivity (Wildman–Crippen MR) is 112 cm³/mol. The summed E-state index contributed by atoms with van der Waals surface area (Å²) < 4.78 is 0. The van der Waals surface area contributed by atoms with Crippen LogP contribution < -0.4 is 0 Å². The maximum Gasteiger partial charge on any atom is 0.236 e. The summed E-state index contributed by atoms with van der Waals surface area (Å²) in [5, 5.41) is 0. The molecule has 2 aliphatic rings. The third-order valence-corrected chi connectivity index (χ3v) is 6.52. The second-order valence-corrected chi connectivity index (χ2v) is 8.82. The molecule has 1 aromatic carbocycles. The van der Waals surface area contributed by atoms with Crippen LogP contribution in [0, 0.1) is 5.41 Å². The van der Waals surface area contributed by atoms with E-state index in [0.29, 0.717) is 12.5 Å². The van der Waals surface area contributed by atoms with Crippen LogP contribution >= 0.6 is 0 Å². The van der Waals surface area contributed by atoms with Crippen molar-refractivity contribution < 1.29 is 9.59 Å². The number of amides is 2. The van der Waals surface area contributed by atoms with Gasteiger partial charge in [0, 0.05) is 32.7 Å². The Morgan fingerprint density at radius 3 is 2.64 bits per heavy atom. The van der Waals surface area contributed by atoms with Gasteiger partial charge in [-0.15, -0.1) is 0 Å². The SMILES string of the molecule is CC(C)N(C)C(=O)CN1CC[C@]2(CCCN(CCCc3ccccc3)C2=O)C1. The fourth-order valence-electron chi connectivity index (χ4n) is 4.55. The van der Waals surface area contributed by atoms with Crippen LogP contribution in [0.15, 0.2) is 30.3 Å². The highest BCUT2D eigenvalue weighted by molar-refractivity contribution is 5.84. The molecule has 28 heavy (non-hydrogen) atoms. The molecular weight excluding hydrogens is 350 g/mol. The van der Waals surface area contributed by atoms with Crippen LogP contribution in [0.5, 0.6) is 0 Å². The van der Waals surface area contributed by atoms with Crippen LogP contribution in [0.1, 0.15) is 45.1 Å². The van der Waals surface area contributed by atoms with Crippen LogP contribution in [-0.2, 0) is 16.0 Å². The average molecular weight is 386 g/mol. The van der Waals surface area contributed by atoms with E-state index in [1.165, 1.54) is 5.56 Å². The first-order valence-corrected chi connectivity index (χ1v) is 10.7. The van der Waals surface area contributed by atoms with E-state index in [0.717, 1.165) is 58.3 Å². The highest BCUT2D eigenvalue weighted by Gasteiger charge is 2.48. The lowest BCUT2D eigenvalue weighted by atomic mass is 9.78. The van der Waals surface area contributed by atoms with Crippen molar-refractivity contribution in [2.45, 2.75) is 52.0 Å². The van der Waals surface area contributed by atoms with Crippen molar-refractivity contribution >= 4 is 11.8 Å². The Morgan fingerprint density at radius 1 is 1.18 bits per heavy atom. The minimum atomic E-state index is -0.262. The molecule has 0 bridgehead atoms. The molecule has 0 aromatic heterocycles. The van der Waals surface area contributed by atoms with Gasteiger partial charge >= 0.3 is 0 Å². The Labute approximate surface area is 169 Å². The summed E-state index contributed by atoms with van der Waals surface area (Å²) in [5.41, 5.74) is 1.07. The first kappa shape index (κ1) is 20.8. The van der Waals surface area contributed by atoms with Gasteiger partial charge in [-0.3, -0.25) is 14.5 Å². The second kappa shape index (κ2) is 9.08. The number of likely N-dealkylation sites (tertiary alicyclic amines) is 2. The number of aryl methyl sites for hydroxylation is 1. The second-order valence-electron chi connectivity index (χ2n) is 8.82. The smallest absolute Gasteiger partial charge is 0.236 e. The summed E-state index contributed by atoms with van der Waals surface area (Å²) in [6.07, 6.45) is 4.95. The average Bonchev–Trinajstić information content (AvgIpc) is 3.08. The lowest BCUT2D eigenvalue weighted by molar-refractivity contribution is -0.146. The molecule has 0 saturated carbocycles. The minimum Gasteiger partial charge on any atom is -0.342 e.